The van der Waals surface area contributed by atoms with Gasteiger partial charge in [0, 0.05) is 24.2 Å². The van der Waals surface area contributed by atoms with Crippen molar-refractivity contribution in [3.05, 3.63) is 105 Å². The summed E-state index contributed by atoms with van der Waals surface area (Å²) >= 11 is 0. The summed E-state index contributed by atoms with van der Waals surface area (Å²) in [6.07, 6.45) is 2.56. The molecule has 0 aliphatic carbocycles. The Bertz CT molecular complexity index is 1540. The van der Waals surface area contributed by atoms with Crippen molar-refractivity contribution in [1.82, 2.24) is 9.55 Å². The van der Waals surface area contributed by atoms with E-state index in [2.05, 4.69) is 5.32 Å². The van der Waals surface area contributed by atoms with E-state index in [0.29, 0.717) is 28.7 Å². The van der Waals surface area contributed by atoms with Crippen LogP contribution in [0.5, 0.6) is 0 Å². The van der Waals surface area contributed by atoms with Crippen molar-refractivity contribution in [3.8, 4) is 0 Å². The molecule has 3 aromatic carbocycles. The largest absolute Gasteiger partial charge is 0.444 e. The topological polar surface area (TPSA) is 90.3 Å². The highest BCUT2D eigenvalue weighted by Gasteiger charge is 2.27. The molecule has 7 nitrogen and oxygen atoms in total. The summed E-state index contributed by atoms with van der Waals surface area (Å²) in [5, 5.41) is 3.38. The molecule has 1 amide bonds. The maximum atomic E-state index is 13.3. The fraction of sp³-hybridized carbons (Fsp3) is 0.267. The number of nitrogens with one attached hydrogen (secondary N) is 1. The van der Waals surface area contributed by atoms with Gasteiger partial charge in [0.25, 0.3) is 11.5 Å². The van der Waals surface area contributed by atoms with Crippen molar-refractivity contribution in [2.75, 3.05) is 5.32 Å². The van der Waals surface area contributed by atoms with E-state index in [9.17, 15) is 14.4 Å². The van der Waals surface area contributed by atoms with Crippen molar-refractivity contribution in [3.63, 3.8) is 0 Å². The van der Waals surface area contributed by atoms with E-state index in [1.807, 2.05) is 38.1 Å². The molecule has 0 bridgehead atoms. The number of aromatic nitrogens is 2. The molecule has 1 aromatic heterocycles. The quantitative estimate of drug-likeness (QED) is 0.381. The molecule has 37 heavy (non-hydrogen) atoms. The molecule has 0 spiro atoms. The van der Waals surface area contributed by atoms with Crippen LogP contribution in [-0.2, 0) is 22.5 Å². The highest BCUT2D eigenvalue weighted by Crippen LogP contribution is 2.25. The van der Waals surface area contributed by atoms with E-state index in [1.54, 1.807) is 47.0 Å². The lowest BCUT2D eigenvalue weighted by Gasteiger charge is -2.19. The summed E-state index contributed by atoms with van der Waals surface area (Å²) in [6.45, 7) is 4.52. The molecule has 0 fully saturated rings. The number of carbonyl (C=O) groups is 2. The Morgan fingerprint density at radius 1 is 0.973 bits per heavy atom. The van der Waals surface area contributed by atoms with Gasteiger partial charge in [0.1, 0.15) is 5.82 Å². The van der Waals surface area contributed by atoms with E-state index >= 15 is 0 Å². The summed E-state index contributed by atoms with van der Waals surface area (Å²) in [6, 6.07) is 19.5. The van der Waals surface area contributed by atoms with Crippen LogP contribution in [0.2, 0.25) is 0 Å². The van der Waals surface area contributed by atoms with Crippen molar-refractivity contribution in [2.24, 2.45) is 0 Å². The third-order valence-electron chi connectivity index (χ3n) is 6.77. The Labute approximate surface area is 215 Å². The molecular formula is C30H29N3O4. The second-order valence-corrected chi connectivity index (χ2v) is 9.53. The lowest BCUT2D eigenvalue weighted by atomic mass is 10.1. The smallest absolute Gasteiger partial charge is 0.339 e. The average Bonchev–Trinajstić information content (AvgIpc) is 3.15. The SMILES string of the molecule is Cc1ccc(C)c(NC(=O)C(OC(=O)c2ccc3c(=O)n4c(nc3c2)CCCCC4)c2ccccc2)c1. The molecule has 0 radical (unpaired) electrons. The minimum absolute atomic E-state index is 0.0862. The van der Waals surface area contributed by atoms with Gasteiger partial charge < -0.3 is 10.1 Å². The van der Waals surface area contributed by atoms with Crippen LogP contribution < -0.4 is 10.9 Å². The molecule has 0 saturated carbocycles. The minimum Gasteiger partial charge on any atom is -0.444 e. The molecule has 0 saturated heterocycles. The lowest BCUT2D eigenvalue weighted by Crippen LogP contribution is -2.26. The zero-order valence-electron chi connectivity index (χ0n) is 21.0. The van der Waals surface area contributed by atoms with E-state index in [1.165, 1.54) is 0 Å². The standard InChI is InChI=1S/C30H29N3O4/c1-19-12-13-20(2)24(17-19)32-28(34)27(21-9-5-3-6-10-21)37-30(36)22-14-15-23-25(18-22)31-26-11-7-4-8-16-33(26)29(23)35/h3,5-6,9-10,12-15,17-18,27H,4,7-8,11,16H2,1-2H3,(H,32,34). The van der Waals surface area contributed by atoms with E-state index in [-0.39, 0.29) is 11.1 Å². The average molecular weight is 496 g/mol. The van der Waals surface area contributed by atoms with Crippen molar-refractivity contribution < 1.29 is 14.3 Å². The number of fused-ring (bicyclic) bond motifs is 2. The Morgan fingerprint density at radius 2 is 1.78 bits per heavy atom. The maximum Gasteiger partial charge on any atom is 0.339 e. The lowest BCUT2D eigenvalue weighted by molar-refractivity contribution is -0.125. The summed E-state index contributed by atoms with van der Waals surface area (Å²) < 4.78 is 7.52. The van der Waals surface area contributed by atoms with Crippen LogP contribution in [0.25, 0.3) is 10.9 Å². The van der Waals surface area contributed by atoms with Crippen LogP contribution in [0.3, 0.4) is 0 Å². The van der Waals surface area contributed by atoms with Gasteiger partial charge in [-0.25, -0.2) is 9.78 Å². The first-order valence-electron chi connectivity index (χ1n) is 12.6. The Morgan fingerprint density at radius 3 is 2.59 bits per heavy atom. The zero-order chi connectivity index (χ0) is 25.9. The number of ether oxygens (including phenoxy) is 1. The predicted molar refractivity (Wildman–Crippen MR) is 143 cm³/mol. The number of carbonyl (C=O) groups excluding carboxylic acids is 2. The number of esters is 1. The van der Waals surface area contributed by atoms with Crippen LogP contribution in [0.15, 0.2) is 71.5 Å². The molecule has 1 aliphatic rings. The number of aryl methyl sites for hydroxylation is 3. The van der Waals surface area contributed by atoms with E-state index in [4.69, 9.17) is 9.72 Å². The molecule has 2 heterocycles. The van der Waals surface area contributed by atoms with Gasteiger partial charge in [-0.1, -0.05) is 48.9 Å². The highest BCUT2D eigenvalue weighted by molar-refractivity contribution is 5.99. The van der Waals surface area contributed by atoms with Gasteiger partial charge in [-0.3, -0.25) is 14.2 Å². The van der Waals surface area contributed by atoms with Gasteiger partial charge in [0.2, 0.25) is 6.10 Å². The van der Waals surface area contributed by atoms with Gasteiger partial charge in [0.15, 0.2) is 0 Å². The monoisotopic (exact) mass is 495 g/mol. The van der Waals surface area contributed by atoms with Gasteiger partial charge in [-0.05, 0) is 62.1 Å². The molecule has 5 rings (SSSR count). The fourth-order valence-corrected chi connectivity index (χ4v) is 4.69. The Balaban J connectivity index is 1.45. The van der Waals surface area contributed by atoms with Crippen LogP contribution in [0.1, 0.15) is 58.2 Å². The second-order valence-electron chi connectivity index (χ2n) is 9.53. The summed E-state index contributed by atoms with van der Waals surface area (Å²) in [5.74, 6) is -0.366. The maximum absolute atomic E-state index is 13.3. The summed E-state index contributed by atoms with van der Waals surface area (Å²) in [4.78, 5) is 44.4. The van der Waals surface area contributed by atoms with Crippen LogP contribution >= 0.6 is 0 Å². The molecular weight excluding hydrogens is 466 g/mol. The molecule has 1 aliphatic heterocycles. The second kappa shape index (κ2) is 10.4. The summed E-state index contributed by atoms with van der Waals surface area (Å²) in [7, 11) is 0. The first-order chi connectivity index (χ1) is 17.9. The van der Waals surface area contributed by atoms with Crippen LogP contribution in [0, 0.1) is 13.8 Å². The van der Waals surface area contributed by atoms with Crippen molar-refractivity contribution in [2.45, 2.75) is 52.2 Å². The third-order valence-corrected chi connectivity index (χ3v) is 6.77. The summed E-state index contributed by atoms with van der Waals surface area (Å²) in [5.41, 5.74) is 3.74. The number of hydrogen-bond acceptors (Lipinski definition) is 5. The molecule has 7 heteroatoms. The Hall–Kier alpha value is -4.26. The molecule has 188 valence electrons. The van der Waals surface area contributed by atoms with Gasteiger partial charge in [0.05, 0.1) is 16.5 Å². The van der Waals surface area contributed by atoms with Crippen molar-refractivity contribution >= 4 is 28.5 Å². The molecule has 1 atom stereocenters. The zero-order valence-corrected chi connectivity index (χ0v) is 21.0. The number of rotatable bonds is 5. The minimum atomic E-state index is -1.16. The number of amides is 1. The first kappa shape index (κ1) is 24.4. The number of hydrogen-bond donors (Lipinski definition) is 1. The van der Waals surface area contributed by atoms with E-state index in [0.717, 1.165) is 42.6 Å². The molecule has 1 N–H and O–H groups in total. The van der Waals surface area contributed by atoms with Crippen LogP contribution in [-0.4, -0.2) is 21.4 Å². The van der Waals surface area contributed by atoms with Gasteiger partial charge in [-0.15, -0.1) is 0 Å². The number of benzene rings is 3. The molecule has 1 unspecified atom stereocenters. The van der Waals surface area contributed by atoms with Crippen molar-refractivity contribution in [1.29, 1.82) is 0 Å². The van der Waals surface area contributed by atoms with Gasteiger partial charge in [-0.2, -0.15) is 0 Å². The number of nitrogens with zero attached hydrogens (tertiary/aromatic N) is 2. The predicted octanol–water partition coefficient (Wildman–Crippen LogP) is 5.28. The molecule has 4 aromatic rings. The van der Waals surface area contributed by atoms with Gasteiger partial charge >= 0.3 is 5.97 Å². The third kappa shape index (κ3) is 5.16. The first-order valence-corrected chi connectivity index (χ1v) is 12.6. The highest BCUT2D eigenvalue weighted by atomic mass is 16.5. The fourth-order valence-electron chi connectivity index (χ4n) is 4.69. The van der Waals surface area contributed by atoms with Crippen LogP contribution in [0.4, 0.5) is 5.69 Å². The Kier molecular flexibility index (Phi) is 6.86. The normalized spacial score (nSPS) is 13.9. The number of anilines is 1. The van der Waals surface area contributed by atoms with E-state index < -0.39 is 18.0 Å².